The number of hydrogen-bond donors (Lipinski definition) is 0. The van der Waals surface area contributed by atoms with Gasteiger partial charge in [-0.3, -0.25) is 14.2 Å². The smallest absolute Gasteiger partial charge is 0.255 e. The van der Waals surface area contributed by atoms with E-state index in [4.69, 9.17) is 4.98 Å². The van der Waals surface area contributed by atoms with Gasteiger partial charge in [-0.2, -0.15) is 0 Å². The molecule has 9 heteroatoms. The Labute approximate surface area is 171 Å². The molecule has 4 heterocycles. The summed E-state index contributed by atoms with van der Waals surface area (Å²) < 4.78 is 14.7. The van der Waals surface area contributed by atoms with Crippen LogP contribution in [0, 0.1) is 5.82 Å². The van der Waals surface area contributed by atoms with Gasteiger partial charge in [0.1, 0.15) is 12.1 Å². The molecule has 2 aliphatic rings. The van der Waals surface area contributed by atoms with Crippen LogP contribution in [-0.4, -0.2) is 55.5 Å². The van der Waals surface area contributed by atoms with E-state index in [1.165, 1.54) is 41.2 Å². The molecule has 2 aliphatic heterocycles. The zero-order valence-electron chi connectivity index (χ0n) is 16.3. The van der Waals surface area contributed by atoms with Gasteiger partial charge in [0.05, 0.1) is 23.5 Å². The number of fused-ring (bicyclic) bond motifs is 2. The molecule has 8 nitrogen and oxygen atoms in total. The highest BCUT2D eigenvalue weighted by molar-refractivity contribution is 5.95. The summed E-state index contributed by atoms with van der Waals surface area (Å²) in [6, 6.07) is 8.88. The first-order valence-corrected chi connectivity index (χ1v) is 9.69. The number of carbonyl (C=O) groups excluding carboxylic acids is 1. The van der Waals surface area contributed by atoms with Crippen molar-refractivity contribution in [2.75, 3.05) is 18.0 Å². The van der Waals surface area contributed by atoms with E-state index < -0.39 is 0 Å². The summed E-state index contributed by atoms with van der Waals surface area (Å²) in [6.45, 7) is 1.12. The number of rotatable bonds is 3. The third-order valence-electron chi connectivity index (χ3n) is 5.81. The minimum Gasteiger partial charge on any atom is -0.335 e. The number of likely N-dealkylation sites (tertiary alicyclic amines) is 1. The summed E-state index contributed by atoms with van der Waals surface area (Å²) in [5, 5.41) is 0. The van der Waals surface area contributed by atoms with Gasteiger partial charge in [0.25, 0.3) is 11.5 Å². The summed E-state index contributed by atoms with van der Waals surface area (Å²) in [4.78, 5) is 42.1. The first-order valence-electron chi connectivity index (χ1n) is 9.69. The zero-order valence-corrected chi connectivity index (χ0v) is 16.3. The maximum absolute atomic E-state index is 13.2. The van der Waals surface area contributed by atoms with Crippen molar-refractivity contribution in [1.82, 2.24) is 24.4 Å². The average molecular weight is 406 g/mol. The Hall–Kier alpha value is -3.62. The SMILES string of the molecule is Cn1c(N2CC3CC2CN3C(=O)c2ccc(F)cc2)nc(-c2ccncn2)cc1=O. The van der Waals surface area contributed by atoms with Crippen molar-refractivity contribution in [3.05, 3.63) is 70.7 Å². The van der Waals surface area contributed by atoms with E-state index in [0.717, 1.165) is 6.42 Å². The number of piperazine rings is 1. The zero-order chi connectivity index (χ0) is 20.8. The van der Waals surface area contributed by atoms with Crippen molar-refractivity contribution in [1.29, 1.82) is 0 Å². The van der Waals surface area contributed by atoms with Gasteiger partial charge < -0.3 is 9.80 Å². The van der Waals surface area contributed by atoms with E-state index in [0.29, 0.717) is 36.0 Å². The molecule has 1 aromatic carbocycles. The molecular weight excluding hydrogens is 387 g/mol. The Balaban J connectivity index is 1.41. The lowest BCUT2D eigenvalue weighted by Crippen LogP contribution is -2.50. The minimum absolute atomic E-state index is 0.0205. The molecule has 0 N–H and O–H groups in total. The number of anilines is 1. The molecule has 152 valence electrons. The number of amides is 1. The Morgan fingerprint density at radius 1 is 1.10 bits per heavy atom. The van der Waals surface area contributed by atoms with Crippen LogP contribution in [0.15, 0.2) is 53.7 Å². The number of carbonyl (C=O) groups is 1. The molecule has 2 saturated heterocycles. The molecule has 1 amide bonds. The highest BCUT2D eigenvalue weighted by Gasteiger charge is 2.46. The van der Waals surface area contributed by atoms with E-state index in [1.54, 1.807) is 19.3 Å². The lowest BCUT2D eigenvalue weighted by Gasteiger charge is -2.35. The second kappa shape index (κ2) is 7.01. The van der Waals surface area contributed by atoms with Crippen molar-refractivity contribution in [3.8, 4) is 11.4 Å². The highest BCUT2D eigenvalue weighted by Crippen LogP contribution is 2.34. The van der Waals surface area contributed by atoms with Crippen LogP contribution in [0.5, 0.6) is 0 Å². The van der Waals surface area contributed by atoms with Gasteiger partial charge in [-0.1, -0.05) is 0 Å². The second-order valence-electron chi connectivity index (χ2n) is 7.59. The number of hydrogen-bond acceptors (Lipinski definition) is 6. The average Bonchev–Trinajstić information content (AvgIpc) is 3.37. The van der Waals surface area contributed by atoms with Gasteiger partial charge in [-0.25, -0.2) is 19.3 Å². The van der Waals surface area contributed by atoms with E-state index in [1.807, 2.05) is 4.90 Å². The predicted molar refractivity (Wildman–Crippen MR) is 107 cm³/mol. The van der Waals surface area contributed by atoms with Crippen LogP contribution < -0.4 is 10.5 Å². The molecule has 2 bridgehead atoms. The van der Waals surface area contributed by atoms with Crippen molar-refractivity contribution in [2.45, 2.75) is 18.5 Å². The molecule has 5 rings (SSSR count). The van der Waals surface area contributed by atoms with E-state index in [9.17, 15) is 14.0 Å². The number of benzene rings is 1. The van der Waals surface area contributed by atoms with Gasteiger partial charge in [0.15, 0.2) is 0 Å². The fourth-order valence-corrected chi connectivity index (χ4v) is 4.28. The standard InChI is InChI=1S/C21H19FN6O2/c1-26-19(29)9-18(17-6-7-23-12-24-17)25-21(26)28-11-15-8-16(28)10-27(15)20(30)13-2-4-14(22)5-3-13/h2-7,9,12,15-16H,8,10-11H2,1H3. The van der Waals surface area contributed by atoms with E-state index in [2.05, 4.69) is 14.9 Å². The molecule has 2 atom stereocenters. The molecule has 3 aromatic rings. The highest BCUT2D eigenvalue weighted by atomic mass is 19.1. The molecular formula is C21H19FN6O2. The van der Waals surface area contributed by atoms with Crippen LogP contribution in [0.2, 0.25) is 0 Å². The first-order chi connectivity index (χ1) is 14.5. The summed E-state index contributed by atoms with van der Waals surface area (Å²) in [5.74, 6) is 0.104. The van der Waals surface area contributed by atoms with Crippen LogP contribution in [-0.2, 0) is 7.05 Å². The van der Waals surface area contributed by atoms with Gasteiger partial charge >= 0.3 is 0 Å². The summed E-state index contributed by atoms with van der Waals surface area (Å²) in [5.41, 5.74) is 1.39. The quantitative estimate of drug-likeness (QED) is 0.655. The molecule has 0 radical (unpaired) electrons. The van der Waals surface area contributed by atoms with Crippen molar-refractivity contribution >= 4 is 11.9 Å². The molecule has 0 saturated carbocycles. The van der Waals surface area contributed by atoms with Gasteiger partial charge in [-0.15, -0.1) is 0 Å². The number of halogens is 1. The fourth-order valence-electron chi connectivity index (χ4n) is 4.28. The molecule has 0 aliphatic carbocycles. The van der Waals surface area contributed by atoms with Crippen LogP contribution >= 0.6 is 0 Å². The van der Waals surface area contributed by atoms with E-state index >= 15 is 0 Å². The lowest BCUT2D eigenvalue weighted by atomic mass is 10.1. The minimum atomic E-state index is -0.365. The predicted octanol–water partition coefficient (Wildman–Crippen LogP) is 1.48. The van der Waals surface area contributed by atoms with Crippen LogP contribution in [0.4, 0.5) is 10.3 Å². The van der Waals surface area contributed by atoms with Crippen LogP contribution in [0.1, 0.15) is 16.8 Å². The van der Waals surface area contributed by atoms with Crippen molar-refractivity contribution < 1.29 is 9.18 Å². The third-order valence-corrected chi connectivity index (χ3v) is 5.81. The topological polar surface area (TPSA) is 84.2 Å². The molecule has 2 fully saturated rings. The Morgan fingerprint density at radius 2 is 1.90 bits per heavy atom. The van der Waals surface area contributed by atoms with Crippen molar-refractivity contribution in [3.63, 3.8) is 0 Å². The van der Waals surface area contributed by atoms with Crippen LogP contribution in [0.3, 0.4) is 0 Å². The molecule has 30 heavy (non-hydrogen) atoms. The second-order valence-corrected chi connectivity index (χ2v) is 7.59. The number of nitrogens with zero attached hydrogens (tertiary/aromatic N) is 6. The normalized spacial score (nSPS) is 20.1. The summed E-state index contributed by atoms with van der Waals surface area (Å²) in [6.07, 6.45) is 3.84. The van der Waals surface area contributed by atoms with Gasteiger partial charge in [0.2, 0.25) is 5.95 Å². The lowest BCUT2D eigenvalue weighted by molar-refractivity contribution is 0.0725. The molecule has 2 aromatic heterocycles. The molecule has 0 spiro atoms. The third kappa shape index (κ3) is 3.02. The Bertz CT molecular complexity index is 1160. The largest absolute Gasteiger partial charge is 0.335 e. The monoisotopic (exact) mass is 406 g/mol. The Morgan fingerprint density at radius 3 is 2.57 bits per heavy atom. The van der Waals surface area contributed by atoms with Gasteiger partial charge in [0, 0.05) is 38.0 Å². The molecule has 2 unspecified atom stereocenters. The van der Waals surface area contributed by atoms with Crippen molar-refractivity contribution in [2.24, 2.45) is 7.05 Å². The fraction of sp³-hybridized carbons (Fsp3) is 0.286. The van der Waals surface area contributed by atoms with E-state index in [-0.39, 0.29) is 29.4 Å². The maximum atomic E-state index is 13.2. The summed E-state index contributed by atoms with van der Waals surface area (Å²) in [7, 11) is 1.70. The first kappa shape index (κ1) is 18.4. The van der Waals surface area contributed by atoms with Crippen LogP contribution in [0.25, 0.3) is 11.4 Å². The summed E-state index contributed by atoms with van der Waals surface area (Å²) >= 11 is 0. The van der Waals surface area contributed by atoms with Gasteiger partial charge in [-0.05, 0) is 36.8 Å². The maximum Gasteiger partial charge on any atom is 0.255 e. The Kier molecular flexibility index (Phi) is 4.30. The number of aromatic nitrogens is 4.